The number of aromatic nitrogens is 3. The van der Waals surface area contributed by atoms with Crippen molar-refractivity contribution in [1.82, 2.24) is 14.8 Å². The van der Waals surface area contributed by atoms with Crippen molar-refractivity contribution >= 4 is 23.4 Å². The van der Waals surface area contributed by atoms with Crippen LogP contribution in [0.3, 0.4) is 0 Å². The maximum Gasteiger partial charge on any atom is 0.234 e. The molecule has 0 unspecified atom stereocenters. The molecule has 31 heavy (non-hydrogen) atoms. The van der Waals surface area contributed by atoms with E-state index in [-0.39, 0.29) is 17.5 Å². The number of nitrogens with zero attached hydrogens (tertiary/aromatic N) is 3. The number of thioether (sulfide) groups is 1. The molecular formula is C23H27FN4O2S. The van der Waals surface area contributed by atoms with Gasteiger partial charge in [-0.15, -0.1) is 10.2 Å². The second-order valence-electron chi connectivity index (χ2n) is 7.53. The summed E-state index contributed by atoms with van der Waals surface area (Å²) < 4.78 is 20.9. The number of amides is 1. The van der Waals surface area contributed by atoms with Gasteiger partial charge in [0.25, 0.3) is 0 Å². The lowest BCUT2D eigenvalue weighted by Crippen LogP contribution is -2.16. The van der Waals surface area contributed by atoms with Crippen LogP contribution in [0, 0.1) is 11.7 Å². The monoisotopic (exact) mass is 442 g/mol. The maximum absolute atomic E-state index is 13.0. The Hall–Kier alpha value is -2.87. The van der Waals surface area contributed by atoms with Crippen LogP contribution >= 0.6 is 11.8 Å². The number of halogens is 1. The van der Waals surface area contributed by atoms with Gasteiger partial charge in [-0.1, -0.05) is 44.7 Å². The van der Waals surface area contributed by atoms with E-state index in [0.29, 0.717) is 23.4 Å². The normalized spacial score (nSPS) is 11.0. The van der Waals surface area contributed by atoms with Crippen molar-refractivity contribution in [2.24, 2.45) is 5.92 Å². The van der Waals surface area contributed by atoms with Gasteiger partial charge in [-0.25, -0.2) is 4.39 Å². The molecule has 0 aliphatic heterocycles. The molecule has 0 bridgehead atoms. The van der Waals surface area contributed by atoms with E-state index in [1.165, 1.54) is 41.6 Å². The molecule has 1 aromatic heterocycles. The Bertz CT molecular complexity index is 988. The largest absolute Gasteiger partial charge is 0.486 e. The number of anilines is 1. The molecule has 0 aliphatic rings. The fourth-order valence-corrected chi connectivity index (χ4v) is 3.68. The van der Waals surface area contributed by atoms with Crippen LogP contribution in [0.2, 0.25) is 0 Å². The summed E-state index contributed by atoms with van der Waals surface area (Å²) in [5.74, 6) is 1.52. The fourth-order valence-electron chi connectivity index (χ4n) is 2.91. The van der Waals surface area contributed by atoms with Crippen molar-refractivity contribution < 1.29 is 13.9 Å². The van der Waals surface area contributed by atoms with E-state index in [0.717, 1.165) is 24.5 Å². The van der Waals surface area contributed by atoms with Gasteiger partial charge in [0.2, 0.25) is 5.91 Å². The van der Waals surface area contributed by atoms with Crippen molar-refractivity contribution in [3.8, 4) is 5.75 Å². The van der Waals surface area contributed by atoms with Crippen LogP contribution in [0.1, 0.15) is 32.2 Å². The van der Waals surface area contributed by atoms with E-state index in [1.54, 1.807) is 0 Å². The topological polar surface area (TPSA) is 69.0 Å². The first-order valence-corrected chi connectivity index (χ1v) is 11.2. The van der Waals surface area contributed by atoms with Crippen LogP contribution < -0.4 is 10.1 Å². The Kier molecular flexibility index (Phi) is 8.06. The van der Waals surface area contributed by atoms with E-state index in [1.807, 2.05) is 16.7 Å². The summed E-state index contributed by atoms with van der Waals surface area (Å²) in [6.07, 6.45) is 0.984. The molecule has 0 saturated heterocycles. The van der Waals surface area contributed by atoms with Crippen LogP contribution in [0.15, 0.2) is 53.7 Å². The lowest BCUT2D eigenvalue weighted by molar-refractivity contribution is -0.113. The minimum Gasteiger partial charge on any atom is -0.486 e. The van der Waals surface area contributed by atoms with E-state index < -0.39 is 0 Å². The second-order valence-corrected chi connectivity index (χ2v) is 8.48. The first kappa shape index (κ1) is 22.8. The molecule has 2 aromatic carbocycles. The third kappa shape index (κ3) is 6.82. The average molecular weight is 443 g/mol. The highest BCUT2D eigenvalue weighted by atomic mass is 32.2. The Morgan fingerprint density at radius 3 is 2.48 bits per heavy atom. The molecular weight excluding hydrogens is 415 g/mol. The zero-order chi connectivity index (χ0) is 22.2. The number of hydrogen-bond acceptors (Lipinski definition) is 5. The highest BCUT2D eigenvalue weighted by Crippen LogP contribution is 2.21. The van der Waals surface area contributed by atoms with Crippen molar-refractivity contribution in [2.45, 2.75) is 45.5 Å². The van der Waals surface area contributed by atoms with Crippen LogP contribution in [0.5, 0.6) is 5.75 Å². The second kappa shape index (κ2) is 10.9. The fraction of sp³-hybridized carbons (Fsp3) is 0.348. The predicted molar refractivity (Wildman–Crippen MR) is 121 cm³/mol. The van der Waals surface area contributed by atoms with Crippen LogP contribution in [-0.2, 0) is 24.4 Å². The maximum atomic E-state index is 13.0. The lowest BCUT2D eigenvalue weighted by Gasteiger charge is -2.13. The van der Waals surface area contributed by atoms with Gasteiger partial charge in [-0.3, -0.25) is 4.79 Å². The first-order valence-electron chi connectivity index (χ1n) is 10.3. The van der Waals surface area contributed by atoms with Crippen molar-refractivity contribution in [1.29, 1.82) is 0 Å². The molecule has 0 radical (unpaired) electrons. The minimum atomic E-state index is -0.342. The average Bonchev–Trinajstić information content (AvgIpc) is 3.13. The summed E-state index contributed by atoms with van der Waals surface area (Å²) in [4.78, 5) is 12.3. The molecule has 0 spiro atoms. The van der Waals surface area contributed by atoms with E-state index in [4.69, 9.17) is 4.74 Å². The summed E-state index contributed by atoms with van der Waals surface area (Å²) in [6, 6.07) is 13.7. The van der Waals surface area contributed by atoms with E-state index in [9.17, 15) is 9.18 Å². The predicted octanol–water partition coefficient (Wildman–Crippen LogP) is 4.95. The highest BCUT2D eigenvalue weighted by Gasteiger charge is 2.16. The van der Waals surface area contributed by atoms with E-state index >= 15 is 0 Å². The third-order valence-electron chi connectivity index (χ3n) is 4.50. The standard InChI is InChI=1S/C23H27FN4O2S/c1-4-17-5-11-20(12-6-17)30-14-21-26-27-23(28(21)13-16(2)3)31-15-22(29)25-19-9-7-18(24)8-10-19/h5-12,16H,4,13-15H2,1-3H3,(H,25,29). The molecule has 3 rings (SSSR count). The summed E-state index contributed by atoms with van der Waals surface area (Å²) in [6.45, 7) is 7.37. The number of aryl methyl sites for hydroxylation is 1. The summed E-state index contributed by atoms with van der Waals surface area (Å²) in [5.41, 5.74) is 1.81. The Balaban J connectivity index is 1.62. The summed E-state index contributed by atoms with van der Waals surface area (Å²) in [7, 11) is 0. The summed E-state index contributed by atoms with van der Waals surface area (Å²) >= 11 is 1.31. The number of rotatable bonds is 10. The Morgan fingerprint density at radius 1 is 1.13 bits per heavy atom. The highest BCUT2D eigenvalue weighted by molar-refractivity contribution is 7.99. The molecule has 6 nitrogen and oxygen atoms in total. The number of ether oxygens (including phenoxy) is 1. The van der Waals surface area contributed by atoms with Crippen molar-refractivity contribution in [3.05, 3.63) is 65.7 Å². The number of carbonyl (C=O) groups is 1. The molecule has 164 valence electrons. The Labute approximate surface area is 186 Å². The molecule has 0 saturated carbocycles. The van der Waals surface area contributed by atoms with Gasteiger partial charge in [-0.2, -0.15) is 0 Å². The zero-order valence-corrected chi connectivity index (χ0v) is 18.8. The van der Waals surface area contributed by atoms with Gasteiger partial charge in [0.15, 0.2) is 11.0 Å². The lowest BCUT2D eigenvalue weighted by atomic mass is 10.2. The molecule has 1 amide bonds. The van der Waals surface area contributed by atoms with Gasteiger partial charge in [0.1, 0.15) is 18.2 Å². The number of hydrogen-bond donors (Lipinski definition) is 1. The van der Waals surface area contributed by atoms with Crippen LogP contribution in [0.25, 0.3) is 0 Å². The molecule has 0 fully saturated rings. The van der Waals surface area contributed by atoms with E-state index in [2.05, 4.69) is 48.4 Å². The smallest absolute Gasteiger partial charge is 0.234 e. The van der Waals surface area contributed by atoms with Crippen LogP contribution in [-0.4, -0.2) is 26.4 Å². The molecule has 0 aliphatic carbocycles. The van der Waals surface area contributed by atoms with Gasteiger partial charge < -0.3 is 14.6 Å². The van der Waals surface area contributed by atoms with Gasteiger partial charge >= 0.3 is 0 Å². The number of carbonyl (C=O) groups excluding carboxylic acids is 1. The first-order chi connectivity index (χ1) is 14.9. The van der Waals surface area contributed by atoms with Gasteiger partial charge in [0, 0.05) is 12.2 Å². The van der Waals surface area contributed by atoms with Gasteiger partial charge in [0.05, 0.1) is 5.75 Å². The molecule has 3 aromatic rings. The third-order valence-corrected chi connectivity index (χ3v) is 5.47. The molecule has 1 N–H and O–H groups in total. The zero-order valence-electron chi connectivity index (χ0n) is 18.0. The molecule has 8 heteroatoms. The van der Waals surface area contributed by atoms with Crippen LogP contribution in [0.4, 0.5) is 10.1 Å². The van der Waals surface area contributed by atoms with Crippen molar-refractivity contribution in [3.63, 3.8) is 0 Å². The molecule has 1 heterocycles. The Morgan fingerprint density at radius 2 is 1.84 bits per heavy atom. The van der Waals surface area contributed by atoms with Crippen molar-refractivity contribution in [2.75, 3.05) is 11.1 Å². The quantitative estimate of drug-likeness (QED) is 0.450. The summed E-state index contributed by atoms with van der Waals surface area (Å²) in [5, 5.41) is 12.0. The number of benzene rings is 2. The minimum absolute atomic E-state index is 0.174. The molecule has 0 atom stereocenters. The van der Waals surface area contributed by atoms with Gasteiger partial charge in [-0.05, 0) is 54.3 Å². The number of nitrogens with one attached hydrogen (secondary N) is 1. The SMILES string of the molecule is CCc1ccc(OCc2nnc(SCC(=O)Nc3ccc(F)cc3)n2CC(C)C)cc1.